The number of aromatic nitrogens is 3. The number of ether oxygens (including phenoxy) is 1. The molecule has 2 fully saturated rings. The summed E-state index contributed by atoms with van der Waals surface area (Å²) in [4.78, 5) is 23.5. The van der Waals surface area contributed by atoms with Crippen molar-refractivity contribution in [1.82, 2.24) is 20.4 Å². The first-order chi connectivity index (χ1) is 13.2. The zero-order valence-corrected chi connectivity index (χ0v) is 15.6. The van der Waals surface area contributed by atoms with E-state index in [9.17, 15) is 4.79 Å². The predicted molar refractivity (Wildman–Crippen MR) is 99.2 cm³/mol. The Kier molecular flexibility index (Phi) is 5.33. The highest BCUT2D eigenvalue weighted by Crippen LogP contribution is 2.30. The summed E-state index contributed by atoms with van der Waals surface area (Å²) < 4.78 is 10.7. The van der Waals surface area contributed by atoms with Gasteiger partial charge in [-0.25, -0.2) is 4.98 Å². The molecular formula is C19H25N5O3. The molecule has 0 radical (unpaired) electrons. The van der Waals surface area contributed by atoms with Crippen LogP contribution in [-0.2, 0) is 9.53 Å². The minimum absolute atomic E-state index is 0.0437. The summed E-state index contributed by atoms with van der Waals surface area (Å²) in [5, 5.41) is 7.08. The molecular weight excluding hydrogens is 346 g/mol. The lowest BCUT2D eigenvalue weighted by atomic mass is 9.95. The van der Waals surface area contributed by atoms with Crippen molar-refractivity contribution in [2.75, 3.05) is 31.1 Å². The normalized spacial score (nSPS) is 20.8. The summed E-state index contributed by atoms with van der Waals surface area (Å²) in [6.07, 6.45) is 5.69. The van der Waals surface area contributed by atoms with Crippen molar-refractivity contribution in [2.45, 2.75) is 38.7 Å². The van der Waals surface area contributed by atoms with E-state index in [4.69, 9.17) is 9.26 Å². The van der Waals surface area contributed by atoms with Crippen molar-refractivity contribution in [1.29, 1.82) is 0 Å². The van der Waals surface area contributed by atoms with Crippen molar-refractivity contribution >= 4 is 11.7 Å². The van der Waals surface area contributed by atoms with Crippen LogP contribution in [0.3, 0.4) is 0 Å². The molecule has 2 aliphatic rings. The number of carbonyl (C=O) groups is 1. The number of anilines is 1. The lowest BCUT2D eigenvalue weighted by Gasteiger charge is -2.33. The number of aryl methyl sites for hydroxylation is 1. The van der Waals surface area contributed by atoms with E-state index in [-0.39, 0.29) is 17.9 Å². The minimum Gasteiger partial charge on any atom is -0.376 e. The van der Waals surface area contributed by atoms with E-state index >= 15 is 0 Å². The zero-order chi connectivity index (χ0) is 18.6. The summed E-state index contributed by atoms with van der Waals surface area (Å²) in [6, 6.07) is 3.82. The van der Waals surface area contributed by atoms with Crippen molar-refractivity contribution in [2.24, 2.45) is 5.92 Å². The van der Waals surface area contributed by atoms with Crippen LogP contribution in [0.2, 0.25) is 0 Å². The topological polar surface area (TPSA) is 93.4 Å². The van der Waals surface area contributed by atoms with Gasteiger partial charge in [0, 0.05) is 45.3 Å². The minimum atomic E-state index is 0.0437. The monoisotopic (exact) mass is 371 g/mol. The Morgan fingerprint density at radius 3 is 2.89 bits per heavy atom. The van der Waals surface area contributed by atoms with E-state index in [0.29, 0.717) is 18.3 Å². The van der Waals surface area contributed by atoms with Crippen LogP contribution in [0, 0.1) is 12.8 Å². The lowest BCUT2D eigenvalue weighted by Crippen LogP contribution is -2.42. The van der Waals surface area contributed by atoms with Crippen molar-refractivity contribution in [3.05, 3.63) is 24.2 Å². The maximum Gasteiger partial charge on any atom is 0.223 e. The number of nitrogens with zero attached hydrogens (tertiary/aromatic N) is 4. The molecule has 1 amide bonds. The second-order valence-electron chi connectivity index (χ2n) is 7.15. The number of pyridine rings is 1. The molecule has 1 unspecified atom stereocenters. The fourth-order valence-electron chi connectivity index (χ4n) is 3.75. The third kappa shape index (κ3) is 4.10. The highest BCUT2D eigenvalue weighted by Gasteiger charge is 2.28. The van der Waals surface area contributed by atoms with Gasteiger partial charge in [-0.05, 0) is 37.8 Å². The maximum absolute atomic E-state index is 12.5. The fraction of sp³-hybridized carbons (Fsp3) is 0.579. The molecule has 27 heavy (non-hydrogen) atoms. The van der Waals surface area contributed by atoms with Crippen LogP contribution < -0.4 is 10.2 Å². The molecule has 0 spiro atoms. The van der Waals surface area contributed by atoms with Gasteiger partial charge in [-0.2, -0.15) is 4.98 Å². The van der Waals surface area contributed by atoms with Crippen molar-refractivity contribution < 1.29 is 14.1 Å². The van der Waals surface area contributed by atoms with Gasteiger partial charge < -0.3 is 19.5 Å². The van der Waals surface area contributed by atoms with Crippen LogP contribution >= 0.6 is 0 Å². The Balaban J connectivity index is 1.36. The molecule has 2 saturated heterocycles. The zero-order valence-electron chi connectivity index (χ0n) is 15.6. The van der Waals surface area contributed by atoms with Gasteiger partial charge in [0.2, 0.25) is 17.6 Å². The van der Waals surface area contributed by atoms with E-state index in [1.54, 1.807) is 13.1 Å². The number of rotatable bonds is 5. The van der Waals surface area contributed by atoms with E-state index in [1.165, 1.54) is 0 Å². The Hall–Kier alpha value is -2.48. The molecule has 2 aliphatic heterocycles. The first kappa shape index (κ1) is 17.9. The van der Waals surface area contributed by atoms with Gasteiger partial charge >= 0.3 is 0 Å². The van der Waals surface area contributed by atoms with E-state index in [2.05, 4.69) is 25.3 Å². The highest BCUT2D eigenvalue weighted by atomic mass is 16.5. The highest BCUT2D eigenvalue weighted by molar-refractivity contribution is 5.79. The Morgan fingerprint density at radius 1 is 1.33 bits per heavy atom. The second-order valence-corrected chi connectivity index (χ2v) is 7.15. The Bertz CT molecular complexity index is 779. The van der Waals surface area contributed by atoms with Crippen LogP contribution in [0.1, 0.15) is 31.6 Å². The van der Waals surface area contributed by atoms with Gasteiger partial charge in [-0.15, -0.1) is 0 Å². The van der Waals surface area contributed by atoms with Gasteiger partial charge in [0.15, 0.2) is 0 Å². The summed E-state index contributed by atoms with van der Waals surface area (Å²) >= 11 is 0. The van der Waals surface area contributed by atoms with Gasteiger partial charge in [0.25, 0.3) is 0 Å². The molecule has 0 saturated carbocycles. The van der Waals surface area contributed by atoms with E-state index < -0.39 is 0 Å². The lowest BCUT2D eigenvalue weighted by molar-refractivity contribution is -0.126. The predicted octanol–water partition coefficient (Wildman–Crippen LogP) is 1.95. The van der Waals surface area contributed by atoms with Crippen LogP contribution in [0.4, 0.5) is 5.82 Å². The fourth-order valence-corrected chi connectivity index (χ4v) is 3.75. The number of amides is 1. The molecule has 144 valence electrons. The molecule has 0 bridgehead atoms. The average molecular weight is 371 g/mol. The number of piperidine rings is 1. The molecule has 4 rings (SSSR count). The van der Waals surface area contributed by atoms with Gasteiger partial charge in [-0.3, -0.25) is 4.79 Å². The smallest absolute Gasteiger partial charge is 0.223 e. The van der Waals surface area contributed by atoms with E-state index in [0.717, 1.165) is 56.8 Å². The SMILES string of the molecule is Cc1nc(-c2cccnc2N2CCC(C(=O)NCC3CCCO3)CC2)no1. The van der Waals surface area contributed by atoms with Gasteiger partial charge in [0.05, 0.1) is 11.7 Å². The summed E-state index contributed by atoms with van der Waals surface area (Å²) in [7, 11) is 0. The number of carbonyl (C=O) groups excluding carboxylic acids is 1. The van der Waals surface area contributed by atoms with Crippen molar-refractivity contribution in [3.63, 3.8) is 0 Å². The molecule has 2 aromatic heterocycles. The standard InChI is InChI=1S/C19H25N5O3/c1-13-22-17(23-27-13)16-5-2-8-20-18(16)24-9-6-14(7-10-24)19(25)21-12-15-4-3-11-26-15/h2,5,8,14-15H,3-4,6-7,9-12H2,1H3,(H,21,25). The first-order valence-corrected chi connectivity index (χ1v) is 9.60. The molecule has 1 atom stereocenters. The Morgan fingerprint density at radius 2 is 2.19 bits per heavy atom. The first-order valence-electron chi connectivity index (χ1n) is 9.60. The largest absolute Gasteiger partial charge is 0.376 e. The second kappa shape index (κ2) is 8.04. The molecule has 8 heteroatoms. The van der Waals surface area contributed by atoms with Crippen LogP contribution in [-0.4, -0.2) is 53.4 Å². The van der Waals surface area contributed by atoms with Gasteiger partial charge in [0.1, 0.15) is 5.82 Å². The number of nitrogens with one attached hydrogen (secondary N) is 1. The molecule has 1 N–H and O–H groups in total. The number of hydrogen-bond donors (Lipinski definition) is 1. The summed E-state index contributed by atoms with van der Waals surface area (Å²) in [6.45, 7) is 4.76. The molecule has 4 heterocycles. The third-order valence-electron chi connectivity index (χ3n) is 5.25. The summed E-state index contributed by atoms with van der Waals surface area (Å²) in [5.74, 6) is 2.10. The summed E-state index contributed by atoms with van der Waals surface area (Å²) in [5.41, 5.74) is 0.857. The van der Waals surface area contributed by atoms with Crippen LogP contribution in [0.15, 0.2) is 22.9 Å². The molecule has 0 aromatic carbocycles. The quantitative estimate of drug-likeness (QED) is 0.858. The third-order valence-corrected chi connectivity index (χ3v) is 5.25. The number of hydrogen-bond acceptors (Lipinski definition) is 7. The van der Waals surface area contributed by atoms with Gasteiger partial charge in [-0.1, -0.05) is 5.16 Å². The Labute approximate surface area is 158 Å². The van der Waals surface area contributed by atoms with Crippen molar-refractivity contribution in [3.8, 4) is 11.4 Å². The molecule has 8 nitrogen and oxygen atoms in total. The molecule has 0 aliphatic carbocycles. The van der Waals surface area contributed by atoms with Crippen LogP contribution in [0.25, 0.3) is 11.4 Å². The molecule has 2 aromatic rings. The maximum atomic E-state index is 12.5. The van der Waals surface area contributed by atoms with E-state index in [1.807, 2.05) is 12.1 Å². The average Bonchev–Trinajstić information content (AvgIpc) is 3.38. The van der Waals surface area contributed by atoms with Crippen LogP contribution in [0.5, 0.6) is 0 Å².